The number of Topliss-reactive ketones (excluding diaryl/α,β-unsaturated/α-hetero) is 1. The van der Waals surface area contributed by atoms with Crippen molar-refractivity contribution < 1.29 is 28.9 Å². The van der Waals surface area contributed by atoms with Crippen molar-refractivity contribution in [2.24, 2.45) is 29.1 Å². The van der Waals surface area contributed by atoms with Gasteiger partial charge in [-0.05, 0) is 80.1 Å². The Morgan fingerprint density at radius 3 is 2.67 bits per heavy atom. The summed E-state index contributed by atoms with van der Waals surface area (Å²) in [5, 5.41) is 12.6. The first-order valence-corrected chi connectivity index (χ1v) is 14.0. The number of fused-ring (bicyclic) bond motifs is 7. The molecule has 3 aliphatic carbocycles. The van der Waals surface area contributed by atoms with Gasteiger partial charge in [0.2, 0.25) is 0 Å². The Bertz CT molecular complexity index is 1190. The molecule has 212 valence electrons. The highest BCUT2D eigenvalue weighted by atomic mass is 16.7. The number of pyridine rings is 1. The van der Waals surface area contributed by atoms with Crippen LogP contribution in [0, 0.1) is 29.1 Å². The van der Waals surface area contributed by atoms with E-state index in [0.717, 1.165) is 18.4 Å². The lowest BCUT2D eigenvalue weighted by Crippen LogP contribution is -2.61. The number of rotatable bonds is 2. The largest absolute Gasteiger partial charge is 0.438 e. The second-order valence-electron chi connectivity index (χ2n) is 13.1. The average Bonchev–Trinajstić information content (AvgIpc) is 3.44. The quantitative estimate of drug-likeness (QED) is 0.525. The van der Waals surface area contributed by atoms with Gasteiger partial charge in [-0.25, -0.2) is 9.78 Å². The maximum atomic E-state index is 14.0. The van der Waals surface area contributed by atoms with Gasteiger partial charge in [0, 0.05) is 25.6 Å². The maximum absolute atomic E-state index is 14.0. The second-order valence-corrected chi connectivity index (χ2v) is 13.1. The maximum Gasteiger partial charge on any atom is 0.415 e. The number of aromatic nitrogens is 1. The van der Waals surface area contributed by atoms with Gasteiger partial charge in [-0.3, -0.25) is 9.69 Å². The Kier molecular flexibility index (Phi) is 7.05. The number of carbonyl (C=O) groups is 2. The van der Waals surface area contributed by atoms with Crippen LogP contribution in [0.5, 0.6) is 0 Å². The zero-order valence-electron chi connectivity index (χ0n) is 24.1. The molecule has 0 radical (unpaired) electrons. The number of carbonyl (C=O) groups excluding carboxylic acids is 2. The van der Waals surface area contributed by atoms with Crippen LogP contribution in [0.2, 0.25) is 0 Å². The zero-order chi connectivity index (χ0) is 28.3. The highest BCUT2D eigenvalue weighted by Crippen LogP contribution is 2.65. The molecule has 1 aromatic rings. The lowest BCUT2D eigenvalue weighted by Gasteiger charge is -2.47. The third-order valence-electron chi connectivity index (χ3n) is 9.38. The van der Waals surface area contributed by atoms with Crippen LogP contribution < -0.4 is 4.90 Å². The summed E-state index contributed by atoms with van der Waals surface area (Å²) in [6.45, 7) is 12.4. The summed E-state index contributed by atoms with van der Waals surface area (Å²) in [5.41, 5.74) is -0.383. The number of nitrogens with zero attached hydrogens (tertiary/aromatic N) is 2. The molecule has 1 saturated heterocycles. The summed E-state index contributed by atoms with van der Waals surface area (Å²) in [4.78, 5) is 33.1. The molecule has 8 heteroatoms. The molecule has 1 amide bonds. The second kappa shape index (κ2) is 9.82. The van der Waals surface area contributed by atoms with Crippen molar-refractivity contribution in [3.05, 3.63) is 47.7 Å². The monoisotopic (exact) mass is 538 g/mol. The van der Waals surface area contributed by atoms with Crippen LogP contribution in [0.25, 0.3) is 0 Å². The average molecular weight is 539 g/mol. The van der Waals surface area contributed by atoms with E-state index in [1.165, 1.54) is 4.90 Å². The number of amides is 1. The molecular formula is C31H42N2O6. The van der Waals surface area contributed by atoms with Crippen LogP contribution in [0.3, 0.4) is 0 Å². The van der Waals surface area contributed by atoms with E-state index in [1.54, 1.807) is 45.3 Å². The molecular weight excluding hydrogens is 496 g/mol. The first-order chi connectivity index (χ1) is 18.2. The molecule has 5 rings (SSSR count). The lowest BCUT2D eigenvalue weighted by molar-refractivity contribution is -0.290. The van der Waals surface area contributed by atoms with Gasteiger partial charge in [-0.1, -0.05) is 39.0 Å². The molecule has 1 saturated carbocycles. The zero-order valence-corrected chi connectivity index (χ0v) is 24.1. The van der Waals surface area contributed by atoms with Crippen molar-refractivity contribution in [3.8, 4) is 0 Å². The molecule has 0 aromatic carbocycles. The Morgan fingerprint density at radius 1 is 1.23 bits per heavy atom. The molecule has 7 atom stereocenters. The van der Waals surface area contributed by atoms with Gasteiger partial charge >= 0.3 is 6.09 Å². The van der Waals surface area contributed by atoms with Gasteiger partial charge in [0.15, 0.2) is 11.9 Å². The minimum atomic E-state index is -1.82. The topological polar surface area (TPSA) is 98.2 Å². The molecule has 8 nitrogen and oxygen atoms in total. The van der Waals surface area contributed by atoms with E-state index < -0.39 is 29.7 Å². The third-order valence-corrected chi connectivity index (χ3v) is 9.38. The number of anilines is 1. The van der Waals surface area contributed by atoms with Crippen LogP contribution in [-0.2, 0) is 19.0 Å². The Balaban J connectivity index is 1.60. The smallest absolute Gasteiger partial charge is 0.415 e. The Morgan fingerprint density at radius 2 is 1.97 bits per heavy atom. The minimum absolute atomic E-state index is 0.0172. The Hall–Kier alpha value is -2.55. The number of aliphatic hydroxyl groups is 1. The molecule has 2 bridgehead atoms. The molecule has 2 fully saturated rings. The Labute approximate surface area is 231 Å². The van der Waals surface area contributed by atoms with Crippen molar-refractivity contribution in [1.82, 2.24) is 4.98 Å². The minimum Gasteiger partial charge on any atom is -0.438 e. The number of ketones is 1. The predicted octanol–water partition coefficient (Wildman–Crippen LogP) is 5.07. The summed E-state index contributed by atoms with van der Waals surface area (Å²) in [5.74, 6) is -0.00739. The summed E-state index contributed by atoms with van der Waals surface area (Å²) in [6.07, 6.45) is 4.57. The predicted molar refractivity (Wildman–Crippen MR) is 147 cm³/mol. The van der Waals surface area contributed by atoms with Crippen LogP contribution >= 0.6 is 0 Å². The normalized spacial score (nSPS) is 38.4. The van der Waals surface area contributed by atoms with Gasteiger partial charge in [0.25, 0.3) is 0 Å². The van der Waals surface area contributed by atoms with E-state index in [4.69, 9.17) is 14.2 Å². The van der Waals surface area contributed by atoms with Crippen LogP contribution in [0.15, 0.2) is 47.7 Å². The first kappa shape index (κ1) is 28.0. The summed E-state index contributed by atoms with van der Waals surface area (Å²) < 4.78 is 18.5. The SMILES string of the molecule is C/C1=C/C[C@H](C)C[C@@H]2[C@H]([C@@H]3C=C4COC(C)(C)O[C@H]4[C@@](O)(CC3=O)[C@H]1OC(=O)N(C)c1ccccn1)C2(C)C. The van der Waals surface area contributed by atoms with E-state index in [2.05, 4.69) is 25.8 Å². The van der Waals surface area contributed by atoms with Gasteiger partial charge in [0.1, 0.15) is 23.3 Å². The lowest BCUT2D eigenvalue weighted by atomic mass is 9.78. The standard InChI is InChI=1S/C31H42N2O6/c1-18-11-12-19(2)26(38-28(35)33(7)24-10-8-9-13-32-24)31(36)16-23(34)21(25-22(14-18)29(25,3)4)15-20-17-37-30(5,6)39-27(20)31/h8-10,12-13,15,18,21-22,25-27,36H,11,14,16-17H2,1-7H3/b19-12-/t18-,21+,22+,25-,26-,27+,31+/m0/s1. The molecule has 0 unspecified atom stereocenters. The molecule has 4 aliphatic rings. The van der Waals surface area contributed by atoms with Gasteiger partial charge < -0.3 is 19.3 Å². The van der Waals surface area contributed by atoms with Crippen molar-refractivity contribution in [3.63, 3.8) is 0 Å². The van der Waals surface area contributed by atoms with Crippen molar-refractivity contribution in [2.45, 2.75) is 84.4 Å². The molecule has 1 aliphatic heterocycles. The molecule has 2 heterocycles. The van der Waals surface area contributed by atoms with Crippen molar-refractivity contribution >= 4 is 17.7 Å². The van der Waals surface area contributed by atoms with E-state index in [1.807, 2.05) is 19.1 Å². The van der Waals surface area contributed by atoms with Crippen LogP contribution in [0.4, 0.5) is 10.6 Å². The van der Waals surface area contributed by atoms with Crippen molar-refractivity contribution in [1.29, 1.82) is 0 Å². The van der Waals surface area contributed by atoms with Gasteiger partial charge in [-0.2, -0.15) is 0 Å². The molecule has 39 heavy (non-hydrogen) atoms. The fourth-order valence-corrected chi connectivity index (χ4v) is 7.02. The van der Waals surface area contributed by atoms with E-state index in [0.29, 0.717) is 23.2 Å². The molecule has 1 N–H and O–H groups in total. The van der Waals surface area contributed by atoms with Gasteiger partial charge in [-0.15, -0.1) is 0 Å². The third kappa shape index (κ3) is 5.07. The van der Waals surface area contributed by atoms with Crippen molar-refractivity contribution in [2.75, 3.05) is 18.6 Å². The fraction of sp³-hybridized carbons (Fsp3) is 0.645. The van der Waals surface area contributed by atoms with E-state index in [-0.39, 0.29) is 36.1 Å². The molecule has 1 aromatic heterocycles. The summed E-state index contributed by atoms with van der Waals surface area (Å²) in [6, 6.07) is 5.26. The number of allylic oxidation sites excluding steroid dienone is 2. The fourth-order valence-electron chi connectivity index (χ4n) is 7.02. The number of ether oxygens (including phenoxy) is 3. The summed E-state index contributed by atoms with van der Waals surface area (Å²) in [7, 11) is 1.58. The number of hydrogen-bond donors (Lipinski definition) is 1. The highest BCUT2D eigenvalue weighted by Gasteiger charge is 2.64. The van der Waals surface area contributed by atoms with E-state index >= 15 is 0 Å². The summed E-state index contributed by atoms with van der Waals surface area (Å²) >= 11 is 0. The first-order valence-electron chi connectivity index (χ1n) is 14.0. The van der Waals surface area contributed by atoms with Crippen LogP contribution in [-0.4, -0.2) is 59.2 Å². The molecule has 0 spiro atoms. The van der Waals surface area contributed by atoms with Crippen LogP contribution in [0.1, 0.15) is 60.8 Å². The van der Waals surface area contributed by atoms with Gasteiger partial charge in [0.05, 0.1) is 6.61 Å². The highest BCUT2D eigenvalue weighted by molar-refractivity contribution is 5.87. The number of hydrogen-bond acceptors (Lipinski definition) is 7. The van der Waals surface area contributed by atoms with E-state index in [9.17, 15) is 14.7 Å².